The second kappa shape index (κ2) is 30.1. The van der Waals surface area contributed by atoms with Crippen LogP contribution < -0.4 is 0 Å². The van der Waals surface area contributed by atoms with Crippen LogP contribution in [0.4, 0.5) is 0 Å². The molecule has 0 aromatic heterocycles. The van der Waals surface area contributed by atoms with Crippen LogP contribution in [0.3, 0.4) is 0 Å². The van der Waals surface area contributed by atoms with Crippen LogP contribution in [0.25, 0.3) is 0 Å². The molecular formula is C87H128O6S. The van der Waals surface area contributed by atoms with Crippen molar-refractivity contribution < 1.29 is 30.6 Å². The van der Waals surface area contributed by atoms with Gasteiger partial charge in [-0.1, -0.05) is 232 Å². The lowest BCUT2D eigenvalue weighted by molar-refractivity contribution is 0.309. The van der Waals surface area contributed by atoms with Crippen molar-refractivity contribution in [3.63, 3.8) is 0 Å². The van der Waals surface area contributed by atoms with E-state index in [9.17, 15) is 30.6 Å². The third kappa shape index (κ3) is 18.0. The molecule has 6 rings (SSSR count). The summed E-state index contributed by atoms with van der Waals surface area (Å²) >= 11 is 2.05. The quantitative estimate of drug-likeness (QED) is 0.0299. The highest BCUT2D eigenvalue weighted by atomic mass is 32.2. The fourth-order valence-corrected chi connectivity index (χ4v) is 16.7. The molecule has 0 heterocycles. The Morgan fingerprint density at radius 2 is 0.543 bits per heavy atom. The average Bonchev–Trinajstić information content (AvgIpc) is 0.712. The summed E-state index contributed by atoms with van der Waals surface area (Å²) in [5.74, 6) is 3.39. The van der Waals surface area contributed by atoms with Crippen LogP contribution in [0.2, 0.25) is 0 Å². The average molecular weight is 1300 g/mol. The number of benzene rings is 6. The third-order valence-electron chi connectivity index (χ3n) is 20.8. The van der Waals surface area contributed by atoms with Crippen LogP contribution in [0.1, 0.15) is 334 Å². The molecule has 6 N–H and O–H groups in total. The van der Waals surface area contributed by atoms with Crippen LogP contribution in [0.5, 0.6) is 34.5 Å². The largest absolute Gasteiger partial charge is 0.508 e. The van der Waals surface area contributed by atoms with Crippen molar-refractivity contribution in [3.05, 3.63) is 173 Å². The van der Waals surface area contributed by atoms with E-state index >= 15 is 0 Å². The van der Waals surface area contributed by atoms with Gasteiger partial charge in [0.1, 0.15) is 34.5 Å². The van der Waals surface area contributed by atoms with E-state index in [1.54, 1.807) is 0 Å². The Balaban J connectivity index is 1.82. The predicted molar refractivity (Wildman–Crippen MR) is 405 cm³/mol. The van der Waals surface area contributed by atoms with E-state index in [1.165, 1.54) is 57.8 Å². The van der Waals surface area contributed by atoms with Gasteiger partial charge in [-0.2, -0.15) is 11.8 Å². The molecule has 94 heavy (non-hydrogen) atoms. The zero-order valence-corrected chi connectivity index (χ0v) is 64.4. The predicted octanol–water partition coefficient (Wildman–Crippen LogP) is 24.3. The number of thioether (sulfide) groups is 1. The molecule has 0 spiro atoms. The normalized spacial score (nSPS) is 13.2. The monoisotopic (exact) mass is 1300 g/mol. The smallest absolute Gasteiger partial charge is 0.119 e. The van der Waals surface area contributed by atoms with Crippen molar-refractivity contribution in [3.8, 4) is 34.5 Å². The number of aromatic hydroxyl groups is 6. The van der Waals surface area contributed by atoms with Crippen molar-refractivity contribution in [2.45, 2.75) is 319 Å². The Hall–Kier alpha value is -5.53. The summed E-state index contributed by atoms with van der Waals surface area (Å²) in [4.78, 5) is 0. The van der Waals surface area contributed by atoms with E-state index in [0.717, 1.165) is 124 Å². The molecule has 0 unspecified atom stereocenters. The number of phenolic OH excluding ortho intramolecular Hbond substituents is 6. The molecule has 0 radical (unpaired) electrons. The lowest BCUT2D eigenvalue weighted by atomic mass is 9.54. The van der Waals surface area contributed by atoms with Gasteiger partial charge in [0, 0.05) is 16.7 Å². The Labute approximate surface area is 576 Å². The molecule has 6 nitrogen and oxygen atoms in total. The Bertz CT molecular complexity index is 3360. The molecule has 6 aromatic carbocycles. The van der Waals surface area contributed by atoms with Crippen molar-refractivity contribution in [2.24, 2.45) is 0 Å². The summed E-state index contributed by atoms with van der Waals surface area (Å²) in [5.41, 5.74) is 13.8. The maximum Gasteiger partial charge on any atom is 0.119 e. The lowest BCUT2D eigenvalue weighted by Gasteiger charge is -2.49. The van der Waals surface area contributed by atoms with E-state index in [2.05, 4.69) is 221 Å². The summed E-state index contributed by atoms with van der Waals surface area (Å²) in [6.07, 6.45) is 16.2. The number of unbranched alkanes of at least 4 members (excludes halogenated alkanes) is 9. The minimum absolute atomic E-state index is 0.160. The van der Waals surface area contributed by atoms with E-state index < -0.39 is 32.5 Å². The molecule has 7 heteroatoms. The van der Waals surface area contributed by atoms with Crippen LogP contribution in [0, 0.1) is 41.5 Å². The zero-order chi connectivity index (χ0) is 70.6. The minimum Gasteiger partial charge on any atom is -0.508 e. The minimum atomic E-state index is -0.888. The van der Waals surface area contributed by atoms with Gasteiger partial charge in [0.15, 0.2) is 0 Å². The molecule has 518 valence electrons. The highest BCUT2D eigenvalue weighted by Crippen LogP contribution is 2.58. The number of rotatable bonds is 26. The number of hydrogen-bond donors (Lipinski definition) is 6. The third-order valence-corrected chi connectivity index (χ3v) is 21.9. The highest BCUT2D eigenvalue weighted by molar-refractivity contribution is 7.99. The number of aryl methyl sites for hydroxylation is 6. The van der Waals surface area contributed by atoms with E-state index in [1.807, 2.05) is 36.4 Å². The lowest BCUT2D eigenvalue weighted by Crippen LogP contribution is -2.43. The van der Waals surface area contributed by atoms with E-state index in [0.29, 0.717) is 25.7 Å². The van der Waals surface area contributed by atoms with Gasteiger partial charge in [-0.25, -0.2) is 0 Å². The number of phenols is 6. The van der Waals surface area contributed by atoms with E-state index in [4.69, 9.17) is 0 Å². The van der Waals surface area contributed by atoms with Crippen molar-refractivity contribution in [1.29, 1.82) is 0 Å². The molecule has 6 aromatic rings. The van der Waals surface area contributed by atoms with Gasteiger partial charge in [0.2, 0.25) is 0 Å². The molecule has 0 aliphatic heterocycles. The van der Waals surface area contributed by atoms with E-state index in [-0.39, 0.29) is 51.2 Å². The Kier molecular flexibility index (Phi) is 24.8. The molecule has 0 aliphatic rings. The van der Waals surface area contributed by atoms with Crippen molar-refractivity contribution >= 4 is 11.8 Å². The zero-order valence-electron chi connectivity index (χ0n) is 63.6. The fraction of sp³-hybridized carbons (Fsp3) is 0.586. The molecule has 0 saturated heterocycles. The Morgan fingerprint density at radius 3 is 0.830 bits per heavy atom. The molecule has 0 amide bonds. The number of hydrogen-bond acceptors (Lipinski definition) is 7. The molecule has 0 fully saturated rings. The molecule has 0 saturated carbocycles. The second-order valence-corrected chi connectivity index (χ2v) is 36.2. The summed E-state index contributed by atoms with van der Waals surface area (Å²) < 4.78 is 0. The maximum absolute atomic E-state index is 12.4. The van der Waals surface area contributed by atoms with Gasteiger partial charge >= 0.3 is 0 Å². The van der Waals surface area contributed by atoms with Crippen LogP contribution in [-0.2, 0) is 43.3 Å². The Morgan fingerprint density at radius 1 is 0.287 bits per heavy atom. The van der Waals surface area contributed by atoms with Crippen molar-refractivity contribution in [1.82, 2.24) is 0 Å². The SMILES string of the molecule is CCCCCCCCCCCCSCCC(CC(CCCC(c1cc(C(C)(C)C)c(O)cc1C)c1cc(C(C)(C)C)c(O)cc1C)(c1cc(C(C)(C)C)c(O)cc1C)c1cc(C(C)(C)C)c(O)cc1C)(c1cc(C(C)(C)C)c(O)cc1C)c1cc(C(C)(C)C)c(O)cc1C. The summed E-state index contributed by atoms with van der Waals surface area (Å²) in [7, 11) is 0. The summed E-state index contributed by atoms with van der Waals surface area (Å²) in [5, 5.41) is 72.9. The first-order valence-electron chi connectivity index (χ1n) is 36.0. The summed E-state index contributed by atoms with van der Waals surface area (Å²) in [6.45, 7) is 54.5. The topological polar surface area (TPSA) is 121 Å². The van der Waals surface area contributed by atoms with Gasteiger partial charge in [0.05, 0.1) is 0 Å². The van der Waals surface area contributed by atoms with Gasteiger partial charge in [-0.05, 0) is 254 Å². The molecule has 0 atom stereocenters. The van der Waals surface area contributed by atoms with Crippen LogP contribution in [-0.4, -0.2) is 42.1 Å². The summed E-state index contributed by atoms with van der Waals surface area (Å²) in [6, 6.07) is 25.8. The second-order valence-electron chi connectivity index (χ2n) is 35.0. The van der Waals surface area contributed by atoms with Gasteiger partial charge in [-0.15, -0.1) is 0 Å². The first kappa shape index (κ1) is 77.5. The van der Waals surface area contributed by atoms with Crippen molar-refractivity contribution in [2.75, 3.05) is 11.5 Å². The standard InChI is InChI=1S/C87H128O6S/c1-26-27-28-29-30-31-32-33-34-35-40-94-41-39-87(66-52-72(84(20,21)22)78(92)46-59(66)6,67-53-73(85(23,24)25)79(93)47-60(67)7)54-86(64-50-70(82(14,15)16)76(90)44-57(64)4,65-51-71(83(17,18)19)77(91)45-58(65)5)38-36-37-61(62-48-68(80(8,9)10)74(88)42-55(62)2)63-49-69(81(11,12)13)75(89)43-56(63)3/h42-53,61,88-93H,26-41,54H2,1-25H3. The van der Waals surface area contributed by atoms with Gasteiger partial charge < -0.3 is 30.6 Å². The maximum atomic E-state index is 12.4. The van der Waals surface area contributed by atoms with Crippen LogP contribution >= 0.6 is 11.8 Å². The van der Waals surface area contributed by atoms with Gasteiger partial charge in [0.25, 0.3) is 0 Å². The van der Waals surface area contributed by atoms with Crippen LogP contribution in [0.15, 0.2) is 72.8 Å². The van der Waals surface area contributed by atoms with Gasteiger partial charge in [-0.3, -0.25) is 0 Å². The molecular weight excluding hydrogens is 1170 g/mol. The highest BCUT2D eigenvalue weighted by Gasteiger charge is 2.50. The molecule has 0 aliphatic carbocycles. The molecule has 0 bridgehead atoms. The first-order chi connectivity index (χ1) is 43.3. The fourth-order valence-electron chi connectivity index (χ4n) is 15.6. The first-order valence-corrected chi connectivity index (χ1v) is 37.1.